The second kappa shape index (κ2) is 9.57. The van der Waals surface area contributed by atoms with E-state index < -0.39 is 5.97 Å². The minimum Gasteiger partial charge on any atom is -0.478 e. The van der Waals surface area contributed by atoms with Gasteiger partial charge in [-0.15, -0.1) is 0 Å². The van der Waals surface area contributed by atoms with Crippen LogP contribution in [0.5, 0.6) is 0 Å². The van der Waals surface area contributed by atoms with Crippen molar-refractivity contribution in [2.45, 2.75) is 76.9 Å². The van der Waals surface area contributed by atoms with Crippen LogP contribution >= 0.6 is 0 Å². The number of carbonyl (C=O) groups excluding carboxylic acids is 1. The molecular weight excluding hydrogens is 366 g/mol. The van der Waals surface area contributed by atoms with E-state index in [2.05, 4.69) is 19.1 Å². The van der Waals surface area contributed by atoms with Crippen LogP contribution in [0.2, 0.25) is 0 Å². The van der Waals surface area contributed by atoms with Gasteiger partial charge in [0, 0.05) is 13.0 Å². The predicted octanol–water partition coefficient (Wildman–Crippen LogP) is 4.20. The Morgan fingerprint density at radius 3 is 2.62 bits per heavy atom. The molecule has 29 heavy (non-hydrogen) atoms. The van der Waals surface area contributed by atoms with E-state index in [4.69, 9.17) is 5.11 Å². The van der Waals surface area contributed by atoms with Gasteiger partial charge in [-0.25, -0.2) is 4.79 Å². The molecule has 1 amide bonds. The average molecular weight is 400 g/mol. The Balaban J connectivity index is 1.53. The molecule has 5 nitrogen and oxygen atoms in total. The summed E-state index contributed by atoms with van der Waals surface area (Å²) in [4.78, 5) is 25.2. The van der Waals surface area contributed by atoms with Gasteiger partial charge in [0.15, 0.2) is 0 Å². The second-order valence-electron chi connectivity index (χ2n) is 8.59. The Morgan fingerprint density at radius 2 is 2.03 bits per heavy atom. The maximum Gasteiger partial charge on any atom is 0.335 e. The van der Waals surface area contributed by atoms with Crippen LogP contribution in [-0.2, 0) is 11.2 Å². The topological polar surface area (TPSA) is 77.8 Å². The molecule has 3 rings (SSSR count). The molecule has 0 aromatic heterocycles. The summed E-state index contributed by atoms with van der Waals surface area (Å²) >= 11 is 0. The first-order valence-corrected chi connectivity index (χ1v) is 10.9. The van der Waals surface area contributed by atoms with Gasteiger partial charge < -0.3 is 15.1 Å². The molecule has 2 atom stereocenters. The van der Waals surface area contributed by atoms with Crippen molar-refractivity contribution in [1.82, 2.24) is 4.90 Å². The molecule has 1 aromatic carbocycles. The minimum atomic E-state index is -0.929. The molecule has 0 radical (unpaired) electrons. The number of likely N-dealkylation sites (tertiary alicyclic amines) is 1. The highest BCUT2D eigenvalue weighted by molar-refractivity contribution is 5.87. The molecule has 2 aliphatic rings. The third-order valence-electron chi connectivity index (χ3n) is 6.74. The van der Waals surface area contributed by atoms with E-state index in [1.165, 1.54) is 6.42 Å². The molecule has 2 fully saturated rings. The molecule has 5 heteroatoms. The number of hydrogen-bond donors (Lipinski definition) is 2. The quantitative estimate of drug-likeness (QED) is 0.578. The van der Waals surface area contributed by atoms with Crippen molar-refractivity contribution in [1.29, 1.82) is 0 Å². The Labute approximate surface area is 173 Å². The third kappa shape index (κ3) is 5.08. The lowest BCUT2D eigenvalue weighted by Crippen LogP contribution is -2.41. The average Bonchev–Trinajstić information content (AvgIpc) is 3.02. The molecule has 1 heterocycles. The number of carboxylic acid groups (broad SMARTS) is 1. The van der Waals surface area contributed by atoms with E-state index in [0.29, 0.717) is 25.8 Å². The molecule has 1 saturated heterocycles. The van der Waals surface area contributed by atoms with Gasteiger partial charge in [-0.1, -0.05) is 44.1 Å². The van der Waals surface area contributed by atoms with Crippen molar-refractivity contribution in [3.8, 4) is 0 Å². The summed E-state index contributed by atoms with van der Waals surface area (Å²) in [5.74, 6) is -0.759. The lowest BCUT2D eigenvalue weighted by molar-refractivity contribution is -0.128. The van der Waals surface area contributed by atoms with E-state index >= 15 is 0 Å². The van der Waals surface area contributed by atoms with Gasteiger partial charge in [-0.2, -0.15) is 0 Å². The highest BCUT2D eigenvalue weighted by atomic mass is 16.4. The van der Waals surface area contributed by atoms with Gasteiger partial charge in [0.1, 0.15) is 0 Å². The summed E-state index contributed by atoms with van der Waals surface area (Å²) in [6.45, 7) is 2.81. The number of hydrogen-bond acceptors (Lipinski definition) is 3. The van der Waals surface area contributed by atoms with E-state index in [-0.39, 0.29) is 29.0 Å². The van der Waals surface area contributed by atoms with Crippen molar-refractivity contribution in [2.24, 2.45) is 5.41 Å². The Kier molecular flexibility index (Phi) is 7.12. The molecule has 0 unspecified atom stereocenters. The van der Waals surface area contributed by atoms with Crippen molar-refractivity contribution >= 4 is 11.9 Å². The molecule has 1 aliphatic carbocycles. The van der Waals surface area contributed by atoms with Crippen LogP contribution in [0.25, 0.3) is 0 Å². The molecule has 1 saturated carbocycles. The van der Waals surface area contributed by atoms with Gasteiger partial charge in [-0.3, -0.25) is 4.79 Å². The zero-order valence-electron chi connectivity index (χ0n) is 17.3. The lowest BCUT2D eigenvalue weighted by Gasteiger charge is -2.45. The third-order valence-corrected chi connectivity index (χ3v) is 6.74. The summed E-state index contributed by atoms with van der Waals surface area (Å²) < 4.78 is 0. The Hall–Kier alpha value is -2.14. The number of benzene rings is 1. The van der Waals surface area contributed by atoms with E-state index in [0.717, 1.165) is 37.7 Å². The molecule has 1 aromatic rings. The number of nitrogens with zero attached hydrogens (tertiary/aromatic N) is 1. The van der Waals surface area contributed by atoms with Gasteiger partial charge in [0.05, 0.1) is 17.7 Å². The van der Waals surface area contributed by atoms with E-state index in [9.17, 15) is 14.7 Å². The smallest absolute Gasteiger partial charge is 0.335 e. The Bertz CT molecular complexity index is 736. The standard InChI is InChI=1S/C24H33NO4/c1-2-14-24(15-4-16-24)21(26)6-3-5-20-11-12-22(27)25(20)17-13-18-7-9-19(10-8-18)23(28)29/h3,5,7-10,20-21,26H,2,4,6,11-17H2,1H3,(H,28,29)/b5-3+/t20-,21+/m0/s1. The maximum atomic E-state index is 12.3. The molecule has 0 bridgehead atoms. The van der Waals surface area contributed by atoms with Crippen LogP contribution in [0.15, 0.2) is 36.4 Å². The van der Waals surface area contributed by atoms with E-state index in [1.54, 1.807) is 12.1 Å². The summed E-state index contributed by atoms with van der Waals surface area (Å²) in [5, 5.41) is 19.7. The van der Waals surface area contributed by atoms with Crippen LogP contribution in [0.1, 0.15) is 74.2 Å². The predicted molar refractivity (Wildman–Crippen MR) is 113 cm³/mol. The second-order valence-corrected chi connectivity index (χ2v) is 8.59. The molecule has 1 aliphatic heterocycles. The summed E-state index contributed by atoms with van der Waals surface area (Å²) in [6, 6.07) is 6.94. The normalized spacial score (nSPS) is 22.1. The lowest BCUT2D eigenvalue weighted by atomic mass is 9.62. The number of aliphatic hydroxyl groups is 1. The molecule has 0 spiro atoms. The molecule has 158 valence electrons. The van der Waals surface area contributed by atoms with Crippen molar-refractivity contribution in [3.63, 3.8) is 0 Å². The first-order valence-electron chi connectivity index (χ1n) is 10.9. The van der Waals surface area contributed by atoms with Gasteiger partial charge >= 0.3 is 5.97 Å². The first kappa shape index (κ1) is 21.6. The minimum absolute atomic E-state index is 0.0940. The fourth-order valence-electron chi connectivity index (χ4n) is 4.80. The van der Waals surface area contributed by atoms with Gasteiger partial charge in [-0.05, 0) is 61.6 Å². The highest BCUT2D eigenvalue weighted by Gasteiger charge is 2.41. The van der Waals surface area contributed by atoms with Crippen LogP contribution in [-0.4, -0.2) is 45.7 Å². The maximum absolute atomic E-state index is 12.3. The number of carbonyl (C=O) groups is 2. The number of amides is 1. The number of aliphatic hydroxyl groups excluding tert-OH is 1. The molecule has 2 N–H and O–H groups in total. The fraction of sp³-hybridized carbons (Fsp3) is 0.583. The number of carboxylic acids is 1. The molecular formula is C24H33NO4. The van der Waals surface area contributed by atoms with Crippen LogP contribution in [0.4, 0.5) is 0 Å². The highest BCUT2D eigenvalue weighted by Crippen LogP contribution is 2.48. The van der Waals surface area contributed by atoms with Crippen molar-refractivity contribution < 1.29 is 19.8 Å². The first-order chi connectivity index (χ1) is 13.9. The summed E-state index contributed by atoms with van der Waals surface area (Å²) in [7, 11) is 0. The monoisotopic (exact) mass is 399 g/mol. The van der Waals surface area contributed by atoms with Crippen LogP contribution < -0.4 is 0 Å². The van der Waals surface area contributed by atoms with Crippen LogP contribution in [0.3, 0.4) is 0 Å². The van der Waals surface area contributed by atoms with E-state index in [1.807, 2.05) is 17.0 Å². The van der Waals surface area contributed by atoms with Crippen molar-refractivity contribution in [3.05, 3.63) is 47.5 Å². The number of rotatable bonds is 10. The SMILES string of the molecule is CCCC1([C@H](O)C/C=C/[C@H]2CCC(=O)N2CCc2ccc(C(=O)O)cc2)CCC1. The van der Waals surface area contributed by atoms with Gasteiger partial charge in [0.25, 0.3) is 0 Å². The Morgan fingerprint density at radius 1 is 1.31 bits per heavy atom. The fourth-order valence-corrected chi connectivity index (χ4v) is 4.80. The number of aromatic carboxylic acids is 1. The zero-order valence-corrected chi connectivity index (χ0v) is 17.3. The van der Waals surface area contributed by atoms with Crippen LogP contribution in [0, 0.1) is 5.41 Å². The largest absolute Gasteiger partial charge is 0.478 e. The summed E-state index contributed by atoms with van der Waals surface area (Å²) in [6.07, 6.45) is 12.3. The van der Waals surface area contributed by atoms with Crippen molar-refractivity contribution in [2.75, 3.05) is 6.54 Å². The van der Waals surface area contributed by atoms with Gasteiger partial charge in [0.2, 0.25) is 5.91 Å². The zero-order chi connectivity index (χ0) is 20.9. The summed E-state index contributed by atoms with van der Waals surface area (Å²) in [5.41, 5.74) is 1.42.